The average molecular weight is 510 g/mol. The number of carbonyl (C=O) groups is 3. The summed E-state index contributed by atoms with van der Waals surface area (Å²) in [7, 11) is 1.54. The van der Waals surface area contributed by atoms with Crippen molar-refractivity contribution in [1.29, 1.82) is 0 Å². The lowest BCUT2D eigenvalue weighted by Crippen LogP contribution is -2.54. The van der Waals surface area contributed by atoms with E-state index in [-0.39, 0.29) is 21.3 Å². The van der Waals surface area contributed by atoms with Crippen LogP contribution >= 0.6 is 23.8 Å². The minimum atomic E-state index is -1.14. The fourth-order valence-electron chi connectivity index (χ4n) is 3.93. The summed E-state index contributed by atoms with van der Waals surface area (Å²) in [6, 6.07) is 13.2. The van der Waals surface area contributed by atoms with Gasteiger partial charge in [-0.15, -0.1) is 0 Å². The monoisotopic (exact) mass is 509 g/mol. The number of aromatic nitrogens is 1. The molecule has 3 aromatic rings. The summed E-state index contributed by atoms with van der Waals surface area (Å²) in [6.07, 6.45) is 1.50. The zero-order chi connectivity index (χ0) is 25.4. The molecule has 0 bridgehead atoms. The Morgan fingerprint density at radius 3 is 2.37 bits per heavy atom. The number of carboxylic acids is 1. The molecule has 178 valence electrons. The molecule has 2 aromatic carbocycles. The summed E-state index contributed by atoms with van der Waals surface area (Å²) in [5, 5.41) is 12.1. The van der Waals surface area contributed by atoms with Crippen LogP contribution in [0.25, 0.3) is 11.8 Å². The second-order valence-corrected chi connectivity index (χ2v) is 8.58. The summed E-state index contributed by atoms with van der Waals surface area (Å²) < 4.78 is 6.98. The van der Waals surface area contributed by atoms with Gasteiger partial charge in [0.1, 0.15) is 11.3 Å². The fourth-order valence-corrected chi connectivity index (χ4v) is 4.41. The zero-order valence-electron chi connectivity index (χ0n) is 19.0. The third-order valence-electron chi connectivity index (χ3n) is 5.64. The molecule has 0 aliphatic carbocycles. The number of ether oxygens (including phenoxy) is 1. The van der Waals surface area contributed by atoms with E-state index in [0.717, 1.165) is 5.69 Å². The van der Waals surface area contributed by atoms with Crippen LogP contribution in [-0.2, 0) is 9.59 Å². The van der Waals surface area contributed by atoms with Crippen molar-refractivity contribution in [2.45, 2.75) is 13.8 Å². The number of carbonyl (C=O) groups excluding carboxylic acids is 2. The molecule has 1 fully saturated rings. The molecule has 8 nitrogen and oxygen atoms in total. The summed E-state index contributed by atoms with van der Waals surface area (Å²) in [4.78, 5) is 38.8. The number of hydrogen-bond acceptors (Lipinski definition) is 5. The first-order valence-electron chi connectivity index (χ1n) is 10.4. The molecule has 1 saturated heterocycles. The van der Waals surface area contributed by atoms with Gasteiger partial charge in [0.25, 0.3) is 11.8 Å². The molecule has 10 heteroatoms. The Morgan fingerprint density at radius 2 is 1.74 bits per heavy atom. The highest BCUT2D eigenvalue weighted by Gasteiger charge is 2.34. The Hall–Kier alpha value is -3.95. The normalized spacial score (nSPS) is 14.9. The van der Waals surface area contributed by atoms with Crippen LogP contribution < -0.4 is 15.0 Å². The Balaban J connectivity index is 1.75. The highest BCUT2D eigenvalue weighted by Crippen LogP contribution is 2.28. The van der Waals surface area contributed by atoms with E-state index in [1.807, 2.05) is 24.5 Å². The molecule has 2 amide bonds. The van der Waals surface area contributed by atoms with E-state index in [4.69, 9.17) is 28.6 Å². The van der Waals surface area contributed by atoms with Crippen molar-refractivity contribution < 1.29 is 24.2 Å². The van der Waals surface area contributed by atoms with Crippen LogP contribution in [0.3, 0.4) is 0 Å². The lowest BCUT2D eigenvalue weighted by atomic mass is 10.1. The van der Waals surface area contributed by atoms with Crippen molar-refractivity contribution in [3.63, 3.8) is 0 Å². The molecule has 4 rings (SSSR count). The third-order valence-corrected chi connectivity index (χ3v) is 6.26. The van der Waals surface area contributed by atoms with E-state index < -0.39 is 17.8 Å². The van der Waals surface area contributed by atoms with Gasteiger partial charge in [0.2, 0.25) is 0 Å². The maximum Gasteiger partial charge on any atom is 0.337 e. The first-order valence-corrected chi connectivity index (χ1v) is 11.2. The predicted molar refractivity (Wildman–Crippen MR) is 136 cm³/mol. The van der Waals surface area contributed by atoms with E-state index in [1.54, 1.807) is 30.3 Å². The van der Waals surface area contributed by atoms with Gasteiger partial charge >= 0.3 is 5.97 Å². The number of aromatic carboxylic acids is 1. The van der Waals surface area contributed by atoms with Gasteiger partial charge in [-0.3, -0.25) is 19.8 Å². The fraction of sp³-hybridized carbons (Fsp3) is 0.120. The highest BCUT2D eigenvalue weighted by molar-refractivity contribution is 7.80. The minimum Gasteiger partial charge on any atom is -0.497 e. The molecule has 35 heavy (non-hydrogen) atoms. The van der Waals surface area contributed by atoms with E-state index in [0.29, 0.717) is 28.4 Å². The van der Waals surface area contributed by atoms with Gasteiger partial charge in [0.15, 0.2) is 5.11 Å². The molecule has 2 N–H and O–H groups in total. The number of carboxylic acid groups (broad SMARTS) is 1. The number of benzene rings is 2. The van der Waals surface area contributed by atoms with Gasteiger partial charge in [-0.1, -0.05) is 11.6 Å². The van der Waals surface area contributed by atoms with Gasteiger partial charge in [-0.25, -0.2) is 4.79 Å². The second kappa shape index (κ2) is 9.36. The number of nitrogens with zero attached hydrogens (tertiary/aromatic N) is 2. The zero-order valence-corrected chi connectivity index (χ0v) is 20.5. The van der Waals surface area contributed by atoms with Gasteiger partial charge in [0, 0.05) is 17.1 Å². The molecule has 2 heterocycles. The maximum absolute atomic E-state index is 13.3. The number of hydrogen-bond donors (Lipinski definition) is 2. The molecule has 0 spiro atoms. The van der Waals surface area contributed by atoms with Crippen molar-refractivity contribution in [1.82, 2.24) is 9.88 Å². The van der Waals surface area contributed by atoms with E-state index in [2.05, 4.69) is 5.32 Å². The van der Waals surface area contributed by atoms with Crippen LogP contribution in [0.5, 0.6) is 5.75 Å². The first kappa shape index (κ1) is 24.2. The molecular formula is C25H20ClN3O5S. The first-order chi connectivity index (χ1) is 16.6. The summed E-state index contributed by atoms with van der Waals surface area (Å²) in [6.45, 7) is 3.65. The number of rotatable bonds is 5. The van der Waals surface area contributed by atoms with Crippen LogP contribution in [-0.4, -0.2) is 39.7 Å². The number of methoxy groups -OCH3 is 1. The Labute approximate surface area is 211 Å². The SMILES string of the molecule is COc1ccc(N2C(=O)C(=Cc3cc(C)n(-c4ccc(Cl)c(C(=O)O)c4)c3C)C(=O)NC2=S)cc1. The summed E-state index contributed by atoms with van der Waals surface area (Å²) in [5.41, 5.74) is 3.07. The number of anilines is 1. The van der Waals surface area contributed by atoms with Crippen LogP contribution in [0.4, 0.5) is 5.69 Å². The molecule has 1 aliphatic heterocycles. The van der Waals surface area contributed by atoms with Crippen molar-refractivity contribution in [2.24, 2.45) is 0 Å². The van der Waals surface area contributed by atoms with Crippen LogP contribution in [0, 0.1) is 13.8 Å². The van der Waals surface area contributed by atoms with E-state index in [9.17, 15) is 19.5 Å². The number of nitrogens with one attached hydrogen (secondary N) is 1. The standard InChI is InChI=1S/C25H20ClN3O5S/c1-13-10-15(14(2)28(13)17-6-9-21(26)19(12-17)24(32)33)11-20-22(30)27-25(35)29(23(20)31)16-4-7-18(34-3)8-5-16/h4-12H,1-3H3,(H,32,33)(H,27,30,35). The number of aryl methyl sites for hydroxylation is 1. The quantitative estimate of drug-likeness (QED) is 0.302. The van der Waals surface area contributed by atoms with Crippen LogP contribution in [0.1, 0.15) is 27.3 Å². The van der Waals surface area contributed by atoms with Crippen LogP contribution in [0.15, 0.2) is 54.1 Å². The maximum atomic E-state index is 13.3. The van der Waals surface area contributed by atoms with E-state index in [1.165, 1.54) is 30.2 Å². The number of amides is 2. The topological polar surface area (TPSA) is 101 Å². The van der Waals surface area contributed by atoms with E-state index >= 15 is 0 Å². The molecule has 0 unspecified atom stereocenters. The average Bonchev–Trinajstić information content (AvgIpc) is 3.10. The van der Waals surface area contributed by atoms with Gasteiger partial charge in [-0.05, 0) is 86.2 Å². The second-order valence-electron chi connectivity index (χ2n) is 7.79. The van der Waals surface area contributed by atoms with Crippen molar-refractivity contribution in [3.8, 4) is 11.4 Å². The third kappa shape index (κ3) is 4.43. The molecule has 0 atom stereocenters. The number of thiocarbonyl (C=S) groups is 1. The van der Waals surface area contributed by atoms with Gasteiger partial charge in [-0.2, -0.15) is 0 Å². The molecule has 0 radical (unpaired) electrons. The lowest BCUT2D eigenvalue weighted by molar-refractivity contribution is -0.122. The Kier molecular flexibility index (Phi) is 6.47. The van der Waals surface area contributed by atoms with Crippen molar-refractivity contribution in [3.05, 3.63) is 81.6 Å². The highest BCUT2D eigenvalue weighted by atomic mass is 35.5. The Bertz CT molecular complexity index is 1430. The smallest absolute Gasteiger partial charge is 0.337 e. The molecule has 1 aromatic heterocycles. The van der Waals surface area contributed by atoms with Gasteiger partial charge < -0.3 is 14.4 Å². The summed E-state index contributed by atoms with van der Waals surface area (Å²) in [5.74, 6) is -1.69. The minimum absolute atomic E-state index is 0.0184. The molecule has 1 aliphatic rings. The van der Waals surface area contributed by atoms with Gasteiger partial charge in [0.05, 0.1) is 23.4 Å². The number of halogens is 1. The van der Waals surface area contributed by atoms with Crippen molar-refractivity contribution in [2.75, 3.05) is 12.0 Å². The van der Waals surface area contributed by atoms with Crippen molar-refractivity contribution >= 4 is 58.5 Å². The van der Waals surface area contributed by atoms with Crippen LogP contribution in [0.2, 0.25) is 5.02 Å². The Morgan fingerprint density at radius 1 is 1.09 bits per heavy atom. The molecular weight excluding hydrogens is 490 g/mol. The predicted octanol–water partition coefficient (Wildman–Crippen LogP) is 4.29. The lowest BCUT2D eigenvalue weighted by Gasteiger charge is -2.29. The summed E-state index contributed by atoms with van der Waals surface area (Å²) >= 11 is 11.3. The largest absolute Gasteiger partial charge is 0.497 e. The molecule has 0 saturated carbocycles.